The summed E-state index contributed by atoms with van der Waals surface area (Å²) >= 11 is 9.10. The molecule has 0 aliphatic heterocycles. The lowest BCUT2D eigenvalue weighted by Gasteiger charge is -2.07. The van der Waals surface area contributed by atoms with Crippen LogP contribution in [0, 0.1) is 5.82 Å². The van der Waals surface area contributed by atoms with E-state index in [0.717, 1.165) is 5.56 Å². The van der Waals surface area contributed by atoms with Gasteiger partial charge < -0.3 is 10.5 Å². The van der Waals surface area contributed by atoms with E-state index in [1.54, 1.807) is 18.2 Å². The normalized spacial score (nSPS) is 10.4. The average molecular weight is 332 g/mol. The summed E-state index contributed by atoms with van der Waals surface area (Å²) in [5, 5.41) is 0.479. The van der Waals surface area contributed by atoms with Crippen LogP contribution in [0.25, 0.3) is 0 Å². The predicted molar refractivity (Wildman–Crippen MR) is 71.3 cm³/mol. The fourth-order valence-corrected chi connectivity index (χ4v) is 1.90. The largest absolute Gasteiger partial charge is 0.436 e. The van der Waals surface area contributed by atoms with Crippen LogP contribution in [0.4, 0.5) is 4.39 Å². The molecule has 18 heavy (non-hydrogen) atoms. The Labute approximate surface area is 117 Å². The summed E-state index contributed by atoms with van der Waals surface area (Å²) < 4.78 is 19.4. The van der Waals surface area contributed by atoms with Gasteiger partial charge in [0.25, 0.3) is 5.88 Å². The first-order chi connectivity index (χ1) is 8.60. The molecule has 2 N–H and O–H groups in total. The highest BCUT2D eigenvalue weighted by Gasteiger charge is 2.08. The van der Waals surface area contributed by atoms with Crippen molar-refractivity contribution in [3.05, 3.63) is 51.3 Å². The first-order valence-corrected chi connectivity index (χ1v) is 6.24. The molecular weight excluding hydrogens is 322 g/mol. The number of ether oxygens (including phenoxy) is 1. The molecule has 0 spiro atoms. The van der Waals surface area contributed by atoms with E-state index in [2.05, 4.69) is 20.9 Å². The predicted octanol–water partition coefficient (Wildman–Crippen LogP) is 3.89. The second-order valence-electron chi connectivity index (χ2n) is 3.50. The van der Waals surface area contributed by atoms with Crippen molar-refractivity contribution in [1.82, 2.24) is 4.98 Å². The highest BCUT2D eigenvalue weighted by molar-refractivity contribution is 9.10. The van der Waals surface area contributed by atoms with Crippen LogP contribution < -0.4 is 10.5 Å². The molecule has 6 heteroatoms. The third kappa shape index (κ3) is 2.98. The number of hydrogen-bond donors (Lipinski definition) is 1. The van der Waals surface area contributed by atoms with Gasteiger partial charge >= 0.3 is 0 Å². The van der Waals surface area contributed by atoms with Gasteiger partial charge in [0.15, 0.2) is 5.82 Å². The molecule has 1 aromatic heterocycles. The second kappa shape index (κ2) is 5.65. The van der Waals surface area contributed by atoms with E-state index in [0.29, 0.717) is 21.8 Å². The molecule has 0 fully saturated rings. The third-order valence-corrected chi connectivity index (χ3v) is 3.02. The minimum absolute atomic E-state index is 0.102. The van der Waals surface area contributed by atoms with E-state index in [1.165, 1.54) is 12.3 Å². The van der Waals surface area contributed by atoms with E-state index < -0.39 is 5.82 Å². The third-order valence-electron chi connectivity index (χ3n) is 2.23. The molecule has 0 amide bonds. The lowest BCUT2D eigenvalue weighted by molar-refractivity contribution is 0.422. The minimum atomic E-state index is -0.552. The van der Waals surface area contributed by atoms with Gasteiger partial charge in [-0.25, -0.2) is 9.37 Å². The molecule has 0 saturated carbocycles. The van der Waals surface area contributed by atoms with E-state index in [1.807, 2.05) is 0 Å². The lowest BCUT2D eigenvalue weighted by Crippen LogP contribution is -1.97. The van der Waals surface area contributed by atoms with Crippen molar-refractivity contribution in [3.8, 4) is 11.6 Å². The van der Waals surface area contributed by atoms with Crippen LogP contribution >= 0.6 is 27.5 Å². The van der Waals surface area contributed by atoms with Gasteiger partial charge in [0.1, 0.15) is 5.75 Å². The standard InChI is InChI=1S/C12H9BrClFN2O/c13-8-3-11(15)12(17-6-8)18-9-2-1-7(5-16)10(14)4-9/h1-4,6H,5,16H2. The van der Waals surface area contributed by atoms with Gasteiger partial charge in [0.2, 0.25) is 0 Å². The number of benzene rings is 1. The molecule has 0 bridgehead atoms. The summed E-state index contributed by atoms with van der Waals surface area (Å²) in [5.41, 5.74) is 6.29. The number of rotatable bonds is 3. The Morgan fingerprint density at radius 3 is 2.78 bits per heavy atom. The van der Waals surface area contributed by atoms with Gasteiger partial charge in [0.05, 0.1) is 0 Å². The molecule has 0 unspecified atom stereocenters. The van der Waals surface area contributed by atoms with Gasteiger partial charge in [-0.15, -0.1) is 0 Å². The Bertz CT molecular complexity index is 580. The quantitative estimate of drug-likeness (QED) is 0.928. The summed E-state index contributed by atoms with van der Waals surface area (Å²) in [6.07, 6.45) is 1.45. The van der Waals surface area contributed by atoms with Crippen molar-refractivity contribution in [1.29, 1.82) is 0 Å². The number of pyridine rings is 1. The highest BCUT2D eigenvalue weighted by atomic mass is 79.9. The lowest BCUT2D eigenvalue weighted by atomic mass is 10.2. The maximum absolute atomic E-state index is 13.5. The number of halogens is 3. The number of hydrogen-bond acceptors (Lipinski definition) is 3. The molecule has 2 aromatic rings. The molecule has 2 rings (SSSR count). The van der Waals surface area contributed by atoms with Crippen LogP contribution in [-0.4, -0.2) is 4.98 Å². The summed E-state index contributed by atoms with van der Waals surface area (Å²) in [6.45, 7) is 0.337. The SMILES string of the molecule is NCc1ccc(Oc2ncc(Br)cc2F)cc1Cl. The fourth-order valence-electron chi connectivity index (χ4n) is 1.35. The molecule has 0 saturated heterocycles. The van der Waals surface area contributed by atoms with Crippen LogP contribution in [-0.2, 0) is 6.54 Å². The van der Waals surface area contributed by atoms with Gasteiger partial charge in [-0.2, -0.15) is 0 Å². The van der Waals surface area contributed by atoms with E-state index in [4.69, 9.17) is 22.1 Å². The summed E-state index contributed by atoms with van der Waals surface area (Å²) in [5.74, 6) is -0.246. The van der Waals surface area contributed by atoms with Crippen molar-refractivity contribution in [3.63, 3.8) is 0 Å². The number of aromatic nitrogens is 1. The molecular formula is C12H9BrClFN2O. The maximum atomic E-state index is 13.5. The van der Waals surface area contributed by atoms with Crippen molar-refractivity contribution in [2.75, 3.05) is 0 Å². The van der Waals surface area contributed by atoms with Crippen LogP contribution in [0.2, 0.25) is 5.02 Å². The zero-order valence-electron chi connectivity index (χ0n) is 9.16. The monoisotopic (exact) mass is 330 g/mol. The van der Waals surface area contributed by atoms with Crippen LogP contribution in [0.5, 0.6) is 11.6 Å². The molecule has 1 heterocycles. The summed E-state index contributed by atoms with van der Waals surface area (Å²) in [6, 6.07) is 6.25. The van der Waals surface area contributed by atoms with Gasteiger partial charge in [-0.3, -0.25) is 0 Å². The zero-order valence-corrected chi connectivity index (χ0v) is 11.5. The maximum Gasteiger partial charge on any atom is 0.255 e. The van der Waals surface area contributed by atoms with Crippen LogP contribution in [0.1, 0.15) is 5.56 Å². The summed E-state index contributed by atoms with van der Waals surface area (Å²) in [7, 11) is 0. The fraction of sp³-hybridized carbons (Fsp3) is 0.0833. The molecule has 0 atom stereocenters. The van der Waals surface area contributed by atoms with Gasteiger partial charge in [0, 0.05) is 22.2 Å². The van der Waals surface area contributed by atoms with Crippen molar-refractivity contribution in [2.45, 2.75) is 6.54 Å². The van der Waals surface area contributed by atoms with E-state index in [9.17, 15) is 4.39 Å². The smallest absolute Gasteiger partial charge is 0.255 e. The topological polar surface area (TPSA) is 48.1 Å². The minimum Gasteiger partial charge on any atom is -0.436 e. The first kappa shape index (κ1) is 13.3. The second-order valence-corrected chi connectivity index (χ2v) is 4.82. The van der Waals surface area contributed by atoms with Gasteiger partial charge in [-0.1, -0.05) is 17.7 Å². The molecule has 3 nitrogen and oxygen atoms in total. The Morgan fingerprint density at radius 2 is 2.17 bits per heavy atom. The molecule has 0 aliphatic rings. The Kier molecular flexibility index (Phi) is 4.16. The zero-order chi connectivity index (χ0) is 13.1. The summed E-state index contributed by atoms with van der Waals surface area (Å²) in [4.78, 5) is 3.83. The molecule has 0 aliphatic carbocycles. The molecule has 1 aromatic carbocycles. The van der Waals surface area contributed by atoms with Crippen molar-refractivity contribution >= 4 is 27.5 Å². The Hall–Kier alpha value is -1.17. The Balaban J connectivity index is 2.26. The molecule has 0 radical (unpaired) electrons. The van der Waals surface area contributed by atoms with E-state index >= 15 is 0 Å². The van der Waals surface area contributed by atoms with Crippen LogP contribution in [0.3, 0.4) is 0 Å². The van der Waals surface area contributed by atoms with E-state index in [-0.39, 0.29) is 5.88 Å². The first-order valence-electron chi connectivity index (χ1n) is 5.07. The average Bonchev–Trinajstić information content (AvgIpc) is 2.33. The van der Waals surface area contributed by atoms with Crippen molar-refractivity contribution < 1.29 is 9.13 Å². The van der Waals surface area contributed by atoms with Crippen molar-refractivity contribution in [2.24, 2.45) is 5.73 Å². The van der Waals surface area contributed by atoms with Crippen LogP contribution in [0.15, 0.2) is 34.9 Å². The Morgan fingerprint density at radius 1 is 1.39 bits per heavy atom. The van der Waals surface area contributed by atoms with Gasteiger partial charge in [-0.05, 0) is 39.7 Å². The number of nitrogens with zero attached hydrogens (tertiary/aromatic N) is 1. The number of nitrogens with two attached hydrogens (primary N) is 1. The highest BCUT2D eigenvalue weighted by Crippen LogP contribution is 2.27. The molecule has 94 valence electrons.